The van der Waals surface area contributed by atoms with Crippen LogP contribution in [-0.2, 0) is 6.42 Å². The largest absolute Gasteiger partial charge is 0.379 e. The fourth-order valence-corrected chi connectivity index (χ4v) is 2.61. The molecule has 0 saturated carbocycles. The molecule has 1 heteroatoms. The monoisotopic (exact) mass is 267 g/mol. The predicted molar refractivity (Wildman–Crippen MR) is 88.4 cm³/mol. The van der Waals surface area contributed by atoms with Crippen LogP contribution < -0.4 is 5.32 Å². The molecule has 1 N–H and O–H groups in total. The van der Waals surface area contributed by atoms with Crippen molar-refractivity contribution in [2.75, 3.05) is 5.32 Å². The van der Waals surface area contributed by atoms with E-state index in [1.807, 2.05) is 0 Å². The summed E-state index contributed by atoms with van der Waals surface area (Å²) >= 11 is 0. The van der Waals surface area contributed by atoms with Crippen LogP contribution in [-0.4, -0.2) is 0 Å². The van der Waals surface area contributed by atoms with E-state index in [0.717, 1.165) is 6.42 Å². The molecule has 0 spiro atoms. The topological polar surface area (TPSA) is 12.0 Å². The minimum Gasteiger partial charge on any atom is -0.379 e. The molecule has 2 aromatic carbocycles. The van der Waals surface area contributed by atoms with Crippen LogP contribution in [0.5, 0.6) is 0 Å². The third-order valence-electron chi connectivity index (χ3n) is 3.78. The van der Waals surface area contributed by atoms with Gasteiger partial charge in [0.15, 0.2) is 0 Å². The van der Waals surface area contributed by atoms with Crippen molar-refractivity contribution >= 4 is 5.69 Å². The molecule has 2 rings (SSSR count). The van der Waals surface area contributed by atoms with Crippen molar-refractivity contribution in [1.29, 1.82) is 0 Å². The molecule has 20 heavy (non-hydrogen) atoms. The Morgan fingerprint density at radius 2 is 1.70 bits per heavy atom. The lowest BCUT2D eigenvalue weighted by Gasteiger charge is -2.18. The normalized spacial score (nSPS) is 12.2. The summed E-state index contributed by atoms with van der Waals surface area (Å²) in [6.45, 7) is 8.77. The molecule has 0 aliphatic carbocycles. The van der Waals surface area contributed by atoms with E-state index >= 15 is 0 Å². The van der Waals surface area contributed by atoms with Gasteiger partial charge in [0, 0.05) is 11.7 Å². The fraction of sp³-hybridized carbons (Fsp3) is 0.368. The molecule has 0 saturated heterocycles. The minimum atomic E-state index is 0.326. The van der Waals surface area contributed by atoms with Gasteiger partial charge in [-0.1, -0.05) is 49.2 Å². The summed E-state index contributed by atoms with van der Waals surface area (Å²) in [6.07, 6.45) is 2.36. The molecule has 1 unspecified atom stereocenters. The van der Waals surface area contributed by atoms with Crippen molar-refractivity contribution in [2.24, 2.45) is 0 Å². The maximum Gasteiger partial charge on any atom is 0.0488 e. The van der Waals surface area contributed by atoms with Gasteiger partial charge in [0.1, 0.15) is 0 Å². The standard InChI is InChI=1S/C19H25N/c1-5-6-17-9-11-18(12-10-17)20-16(4)19-13-14(2)7-8-15(19)3/h7-13,16,20H,5-6H2,1-4H3. The maximum absolute atomic E-state index is 3.60. The van der Waals surface area contributed by atoms with Crippen LogP contribution in [0.2, 0.25) is 0 Å². The first-order valence-electron chi connectivity index (χ1n) is 7.52. The van der Waals surface area contributed by atoms with Crippen molar-refractivity contribution in [2.45, 2.75) is 46.6 Å². The Kier molecular flexibility index (Phi) is 4.84. The number of hydrogen-bond donors (Lipinski definition) is 1. The summed E-state index contributed by atoms with van der Waals surface area (Å²) < 4.78 is 0. The Morgan fingerprint density at radius 3 is 2.35 bits per heavy atom. The summed E-state index contributed by atoms with van der Waals surface area (Å²) in [4.78, 5) is 0. The number of benzene rings is 2. The van der Waals surface area contributed by atoms with Crippen LogP contribution >= 0.6 is 0 Å². The Hall–Kier alpha value is -1.76. The van der Waals surface area contributed by atoms with Crippen LogP contribution in [0.1, 0.15) is 48.6 Å². The molecule has 0 amide bonds. The summed E-state index contributed by atoms with van der Waals surface area (Å²) in [7, 11) is 0. The number of hydrogen-bond acceptors (Lipinski definition) is 1. The molecule has 0 aromatic heterocycles. The van der Waals surface area contributed by atoms with E-state index < -0.39 is 0 Å². The molecule has 0 aliphatic rings. The molecule has 0 heterocycles. The zero-order valence-corrected chi connectivity index (χ0v) is 13.0. The van der Waals surface area contributed by atoms with Gasteiger partial charge in [0.2, 0.25) is 0 Å². The molecular formula is C19H25N. The molecule has 0 aliphatic heterocycles. The summed E-state index contributed by atoms with van der Waals surface area (Å²) in [5, 5.41) is 3.60. The van der Waals surface area contributed by atoms with Gasteiger partial charge in [0.25, 0.3) is 0 Å². The van der Waals surface area contributed by atoms with Crippen LogP contribution in [0.4, 0.5) is 5.69 Å². The van der Waals surface area contributed by atoms with Gasteiger partial charge in [-0.05, 0) is 56.0 Å². The first-order valence-corrected chi connectivity index (χ1v) is 7.52. The zero-order chi connectivity index (χ0) is 14.5. The molecule has 1 nitrogen and oxygen atoms in total. The van der Waals surface area contributed by atoms with Gasteiger partial charge in [-0.25, -0.2) is 0 Å². The van der Waals surface area contributed by atoms with Gasteiger partial charge < -0.3 is 5.32 Å². The molecular weight excluding hydrogens is 242 g/mol. The van der Waals surface area contributed by atoms with Gasteiger partial charge in [-0.3, -0.25) is 0 Å². The number of anilines is 1. The first kappa shape index (κ1) is 14.6. The summed E-state index contributed by atoms with van der Waals surface area (Å²) in [6, 6.07) is 15.8. The van der Waals surface area contributed by atoms with Crippen molar-refractivity contribution in [3.8, 4) is 0 Å². The Labute approximate surface area is 123 Å². The average molecular weight is 267 g/mol. The highest BCUT2D eigenvalue weighted by molar-refractivity contribution is 5.48. The van der Waals surface area contributed by atoms with E-state index in [2.05, 4.69) is 75.5 Å². The number of aryl methyl sites for hydroxylation is 3. The van der Waals surface area contributed by atoms with E-state index in [1.165, 1.54) is 34.4 Å². The smallest absolute Gasteiger partial charge is 0.0488 e. The quantitative estimate of drug-likeness (QED) is 0.761. The van der Waals surface area contributed by atoms with Crippen LogP contribution in [0.15, 0.2) is 42.5 Å². The SMILES string of the molecule is CCCc1ccc(NC(C)c2cc(C)ccc2C)cc1. The lowest BCUT2D eigenvalue weighted by Crippen LogP contribution is -2.08. The number of nitrogens with one attached hydrogen (secondary N) is 1. The Morgan fingerprint density at radius 1 is 1.00 bits per heavy atom. The highest BCUT2D eigenvalue weighted by Crippen LogP contribution is 2.23. The lowest BCUT2D eigenvalue weighted by molar-refractivity contribution is 0.871. The molecule has 0 radical (unpaired) electrons. The third-order valence-corrected chi connectivity index (χ3v) is 3.78. The van der Waals surface area contributed by atoms with Crippen LogP contribution in [0, 0.1) is 13.8 Å². The van der Waals surface area contributed by atoms with Crippen molar-refractivity contribution < 1.29 is 0 Å². The van der Waals surface area contributed by atoms with Crippen molar-refractivity contribution in [1.82, 2.24) is 0 Å². The van der Waals surface area contributed by atoms with Gasteiger partial charge >= 0.3 is 0 Å². The highest BCUT2D eigenvalue weighted by atomic mass is 14.9. The van der Waals surface area contributed by atoms with E-state index in [0.29, 0.717) is 6.04 Å². The second kappa shape index (κ2) is 6.60. The summed E-state index contributed by atoms with van der Waals surface area (Å²) in [5.74, 6) is 0. The predicted octanol–water partition coefficient (Wildman–Crippen LogP) is 5.43. The van der Waals surface area contributed by atoms with E-state index in [1.54, 1.807) is 0 Å². The second-order valence-electron chi connectivity index (χ2n) is 5.67. The van der Waals surface area contributed by atoms with Crippen molar-refractivity contribution in [3.63, 3.8) is 0 Å². The van der Waals surface area contributed by atoms with Gasteiger partial charge in [0.05, 0.1) is 0 Å². The van der Waals surface area contributed by atoms with E-state index in [4.69, 9.17) is 0 Å². The fourth-order valence-electron chi connectivity index (χ4n) is 2.61. The first-order chi connectivity index (χ1) is 9.60. The molecule has 2 aromatic rings. The summed E-state index contributed by atoms with van der Waals surface area (Å²) in [5.41, 5.74) is 6.65. The highest BCUT2D eigenvalue weighted by Gasteiger charge is 2.08. The van der Waals surface area contributed by atoms with Gasteiger partial charge in [-0.2, -0.15) is 0 Å². The molecule has 0 bridgehead atoms. The van der Waals surface area contributed by atoms with Crippen LogP contribution in [0.25, 0.3) is 0 Å². The van der Waals surface area contributed by atoms with Crippen LogP contribution in [0.3, 0.4) is 0 Å². The Bertz CT molecular complexity index is 554. The molecule has 106 valence electrons. The van der Waals surface area contributed by atoms with E-state index in [-0.39, 0.29) is 0 Å². The lowest BCUT2D eigenvalue weighted by atomic mass is 9.99. The third kappa shape index (κ3) is 3.63. The zero-order valence-electron chi connectivity index (χ0n) is 13.0. The van der Waals surface area contributed by atoms with E-state index in [9.17, 15) is 0 Å². The second-order valence-corrected chi connectivity index (χ2v) is 5.67. The van der Waals surface area contributed by atoms with Crippen molar-refractivity contribution in [3.05, 3.63) is 64.7 Å². The average Bonchev–Trinajstić information content (AvgIpc) is 2.44. The molecule has 0 fully saturated rings. The molecule has 1 atom stereocenters. The number of rotatable bonds is 5. The van der Waals surface area contributed by atoms with Gasteiger partial charge in [-0.15, -0.1) is 0 Å². The Balaban J connectivity index is 2.10. The maximum atomic E-state index is 3.60. The minimum absolute atomic E-state index is 0.326.